The molecule has 12 heteroatoms. The topological polar surface area (TPSA) is 117 Å². The summed E-state index contributed by atoms with van der Waals surface area (Å²) in [5.74, 6) is -1.22. The largest absolute Gasteiger partial charge is 0.458 e. The van der Waals surface area contributed by atoms with Gasteiger partial charge in [0.05, 0.1) is 10.9 Å². The number of hydrogen-bond donors (Lipinski definition) is 0. The Labute approximate surface area is 261 Å². The Morgan fingerprint density at radius 3 is 2.11 bits per heavy atom. The van der Waals surface area contributed by atoms with Gasteiger partial charge in [0.25, 0.3) is 15.9 Å². The first-order chi connectivity index (χ1) is 20.5. The zero-order chi connectivity index (χ0) is 32.8. The van der Waals surface area contributed by atoms with Crippen LogP contribution in [0, 0.1) is 6.92 Å². The van der Waals surface area contributed by atoms with Crippen LogP contribution in [0.25, 0.3) is 0 Å². The Kier molecular flexibility index (Phi) is 11.6. The summed E-state index contributed by atoms with van der Waals surface area (Å²) >= 11 is 0. The van der Waals surface area contributed by atoms with Crippen LogP contribution in [-0.4, -0.2) is 111 Å². The van der Waals surface area contributed by atoms with Crippen molar-refractivity contribution in [3.8, 4) is 5.75 Å². The Hall–Kier alpha value is -3.48. The zero-order valence-corrected chi connectivity index (χ0v) is 27.9. The van der Waals surface area contributed by atoms with E-state index in [1.807, 2.05) is 30.8 Å². The molecule has 11 nitrogen and oxygen atoms in total. The van der Waals surface area contributed by atoms with Crippen molar-refractivity contribution in [3.63, 3.8) is 0 Å². The minimum atomic E-state index is -4.47. The van der Waals surface area contributed by atoms with Gasteiger partial charge >= 0.3 is 12.1 Å². The van der Waals surface area contributed by atoms with E-state index < -0.39 is 45.7 Å². The maximum absolute atomic E-state index is 14.2. The number of aryl methyl sites for hydroxylation is 1. The molecular formula is C32H46N4O7S. The van der Waals surface area contributed by atoms with Crippen molar-refractivity contribution >= 4 is 28.0 Å². The van der Waals surface area contributed by atoms with Crippen molar-refractivity contribution in [2.24, 2.45) is 0 Å². The van der Waals surface area contributed by atoms with E-state index in [1.54, 1.807) is 71.3 Å². The Morgan fingerprint density at radius 1 is 0.977 bits per heavy atom. The quantitative estimate of drug-likeness (QED) is 0.344. The Bertz CT molecular complexity index is 1400. The fourth-order valence-electron chi connectivity index (χ4n) is 4.80. The first-order valence-electron chi connectivity index (χ1n) is 14.7. The molecule has 0 saturated carbocycles. The maximum Gasteiger partial charge on any atom is 0.415 e. The normalized spacial score (nSPS) is 16.4. The van der Waals surface area contributed by atoms with Crippen LogP contribution in [0.1, 0.15) is 44.7 Å². The van der Waals surface area contributed by atoms with Crippen LogP contribution in [0.4, 0.5) is 4.79 Å². The molecule has 1 fully saturated rings. The number of likely N-dealkylation sites (tertiary alicyclic amines) is 1. The van der Waals surface area contributed by atoms with Gasteiger partial charge in [-0.05, 0) is 98.1 Å². The Morgan fingerprint density at radius 2 is 1.59 bits per heavy atom. The molecule has 0 N–H and O–H groups in total. The highest BCUT2D eigenvalue weighted by molar-refractivity contribution is 7.89. The Balaban J connectivity index is 1.99. The van der Waals surface area contributed by atoms with E-state index in [-0.39, 0.29) is 17.1 Å². The van der Waals surface area contributed by atoms with Crippen LogP contribution in [0.3, 0.4) is 0 Å². The highest BCUT2D eigenvalue weighted by atomic mass is 32.2. The van der Waals surface area contributed by atoms with Gasteiger partial charge in [0.1, 0.15) is 17.4 Å². The van der Waals surface area contributed by atoms with Gasteiger partial charge < -0.3 is 19.3 Å². The smallest absolute Gasteiger partial charge is 0.415 e. The molecule has 44 heavy (non-hydrogen) atoms. The zero-order valence-electron chi connectivity index (χ0n) is 27.1. The second-order valence-corrected chi connectivity index (χ2v) is 14.4. The third-order valence-electron chi connectivity index (χ3n) is 7.31. The summed E-state index contributed by atoms with van der Waals surface area (Å²) in [5, 5.41) is 0. The summed E-state index contributed by atoms with van der Waals surface area (Å²) in [4.78, 5) is 45.5. The van der Waals surface area contributed by atoms with Gasteiger partial charge in [-0.25, -0.2) is 22.3 Å². The monoisotopic (exact) mass is 630 g/mol. The van der Waals surface area contributed by atoms with E-state index in [0.717, 1.165) is 16.3 Å². The second-order valence-electron chi connectivity index (χ2n) is 12.6. The number of sulfonamides is 1. The minimum absolute atomic E-state index is 0.0914. The molecule has 2 amide bonds. The summed E-state index contributed by atoms with van der Waals surface area (Å²) in [7, 11) is 2.78. The first-order valence-corrected chi connectivity index (χ1v) is 16.2. The molecule has 0 aliphatic carbocycles. The number of hydrogen-bond acceptors (Lipinski definition) is 9. The summed E-state index contributed by atoms with van der Waals surface area (Å²) < 4.78 is 40.3. The van der Waals surface area contributed by atoms with Crippen LogP contribution in [0.15, 0.2) is 53.4 Å². The third-order valence-corrected chi connectivity index (χ3v) is 9.13. The molecule has 0 bridgehead atoms. The van der Waals surface area contributed by atoms with Crippen molar-refractivity contribution in [1.82, 2.24) is 19.0 Å². The van der Waals surface area contributed by atoms with Crippen molar-refractivity contribution < 1.29 is 32.3 Å². The number of carbonyl (C=O) groups is 3. The SMILES string of the molecule is Cc1ccc(S(=O)(=O)N(C(=O)[C@@H]2CCCN2C)[C@H](Cc2ccc(OC(=O)N(C)CCN(C)C)cc2)C(=O)OC(C)(C)C)cc1. The number of likely N-dealkylation sites (N-methyl/N-ethyl adjacent to an activating group) is 3. The van der Waals surface area contributed by atoms with Gasteiger partial charge in [-0.15, -0.1) is 0 Å². The van der Waals surface area contributed by atoms with Gasteiger partial charge in [-0.2, -0.15) is 0 Å². The molecule has 0 radical (unpaired) electrons. The lowest BCUT2D eigenvalue weighted by atomic mass is 10.0. The number of benzene rings is 2. The van der Waals surface area contributed by atoms with E-state index in [9.17, 15) is 22.8 Å². The molecule has 0 aromatic heterocycles. The summed E-state index contributed by atoms with van der Waals surface area (Å²) in [6.45, 7) is 8.69. The third kappa shape index (κ3) is 9.26. The highest BCUT2D eigenvalue weighted by Crippen LogP contribution is 2.28. The number of rotatable bonds is 11. The maximum atomic E-state index is 14.2. The fourth-order valence-corrected chi connectivity index (χ4v) is 6.36. The van der Waals surface area contributed by atoms with Gasteiger partial charge in [0, 0.05) is 26.6 Å². The summed E-state index contributed by atoms with van der Waals surface area (Å²) in [6, 6.07) is 10.4. The molecule has 0 spiro atoms. The van der Waals surface area contributed by atoms with Crippen LogP contribution >= 0.6 is 0 Å². The highest BCUT2D eigenvalue weighted by Gasteiger charge is 2.45. The van der Waals surface area contributed by atoms with E-state index in [2.05, 4.69) is 0 Å². The van der Waals surface area contributed by atoms with Crippen molar-refractivity contribution in [2.45, 2.75) is 69.5 Å². The van der Waals surface area contributed by atoms with Crippen LogP contribution in [0.2, 0.25) is 0 Å². The van der Waals surface area contributed by atoms with E-state index in [0.29, 0.717) is 31.6 Å². The molecule has 0 unspecified atom stereocenters. The van der Waals surface area contributed by atoms with E-state index >= 15 is 0 Å². The second kappa shape index (κ2) is 14.5. The average Bonchev–Trinajstić information content (AvgIpc) is 3.37. The lowest BCUT2D eigenvalue weighted by molar-refractivity contribution is -0.162. The summed E-state index contributed by atoms with van der Waals surface area (Å²) in [5.41, 5.74) is 0.474. The molecule has 2 atom stereocenters. The average molecular weight is 631 g/mol. The minimum Gasteiger partial charge on any atom is -0.458 e. The molecule has 2 aromatic carbocycles. The first kappa shape index (κ1) is 35.0. The number of carbonyl (C=O) groups excluding carboxylic acids is 3. The van der Waals surface area contributed by atoms with Gasteiger partial charge in [-0.1, -0.05) is 29.8 Å². The molecule has 1 heterocycles. The number of esters is 1. The van der Waals surface area contributed by atoms with Crippen molar-refractivity contribution in [3.05, 3.63) is 59.7 Å². The van der Waals surface area contributed by atoms with Crippen molar-refractivity contribution in [2.75, 3.05) is 47.8 Å². The molecule has 3 rings (SSSR count). The summed E-state index contributed by atoms with van der Waals surface area (Å²) in [6.07, 6.45) is 0.540. The van der Waals surface area contributed by atoms with E-state index in [1.165, 1.54) is 17.0 Å². The molecule has 1 aliphatic heterocycles. The molecular weight excluding hydrogens is 584 g/mol. The lowest BCUT2D eigenvalue weighted by Crippen LogP contribution is -2.55. The van der Waals surface area contributed by atoms with Crippen molar-refractivity contribution in [1.29, 1.82) is 0 Å². The fraction of sp³-hybridized carbons (Fsp3) is 0.531. The lowest BCUT2D eigenvalue weighted by Gasteiger charge is -2.34. The predicted molar refractivity (Wildman–Crippen MR) is 168 cm³/mol. The van der Waals surface area contributed by atoms with Crippen LogP contribution in [-0.2, 0) is 30.8 Å². The van der Waals surface area contributed by atoms with Crippen LogP contribution < -0.4 is 4.74 Å². The number of nitrogens with zero attached hydrogens (tertiary/aromatic N) is 4. The number of amides is 2. The number of ether oxygens (including phenoxy) is 2. The molecule has 1 saturated heterocycles. The predicted octanol–water partition coefficient (Wildman–Crippen LogP) is 3.55. The van der Waals surface area contributed by atoms with Gasteiger partial charge in [0.15, 0.2) is 0 Å². The standard InChI is InChI=1S/C32H46N4O7S/c1-23-11-17-26(18-12-23)44(40,41)36(29(37)27-10-9-19-34(27)7)28(30(38)43-32(2,3)4)22-24-13-15-25(16-14-24)42-31(39)35(8)21-20-33(5)6/h11-18,27-28H,9-10,19-22H2,1-8H3/t27-,28+/m0/s1. The van der Waals surface area contributed by atoms with Gasteiger partial charge in [0.2, 0.25) is 0 Å². The molecule has 2 aromatic rings. The molecule has 242 valence electrons. The molecule has 1 aliphatic rings. The van der Waals surface area contributed by atoms with Crippen LogP contribution in [0.5, 0.6) is 5.75 Å². The van der Waals surface area contributed by atoms with Gasteiger partial charge in [-0.3, -0.25) is 9.69 Å². The van der Waals surface area contributed by atoms with E-state index in [4.69, 9.17) is 9.47 Å².